The van der Waals surface area contributed by atoms with E-state index in [0.717, 1.165) is 10.5 Å². The molecule has 0 aromatic carbocycles. The molecule has 0 saturated heterocycles. The van der Waals surface area contributed by atoms with E-state index >= 15 is 0 Å². The summed E-state index contributed by atoms with van der Waals surface area (Å²) in [4.78, 5) is 20.0. The monoisotopic (exact) mass is 269 g/mol. The molecular weight excluding hydrogens is 262 g/mol. The molecule has 0 aliphatic rings. The first kappa shape index (κ1) is 11.8. The van der Waals surface area contributed by atoms with E-state index in [2.05, 4.69) is 9.97 Å². The highest BCUT2D eigenvalue weighted by atomic mass is 35.5. The summed E-state index contributed by atoms with van der Waals surface area (Å²) >= 11 is 6.96. The number of nitrogens with zero attached hydrogens (tertiary/aromatic N) is 3. The molecule has 5 nitrogen and oxygen atoms in total. The van der Waals surface area contributed by atoms with Crippen molar-refractivity contribution >= 4 is 34.0 Å². The van der Waals surface area contributed by atoms with Crippen molar-refractivity contribution in [2.24, 2.45) is 0 Å². The summed E-state index contributed by atoms with van der Waals surface area (Å²) in [5, 5.41) is 10.5. The van der Waals surface area contributed by atoms with Gasteiger partial charge < -0.3 is 5.11 Å². The smallest absolute Gasteiger partial charge is 0.412 e. The van der Waals surface area contributed by atoms with Gasteiger partial charge >= 0.3 is 6.09 Å². The summed E-state index contributed by atoms with van der Waals surface area (Å²) in [6.07, 6.45) is 2.10. The first-order valence-corrected chi connectivity index (χ1v) is 5.82. The molecule has 0 aliphatic heterocycles. The van der Waals surface area contributed by atoms with E-state index in [0.29, 0.717) is 15.2 Å². The molecule has 17 heavy (non-hydrogen) atoms. The maximum atomic E-state index is 10.8. The Balaban J connectivity index is 2.29. The zero-order chi connectivity index (χ0) is 12.4. The van der Waals surface area contributed by atoms with Gasteiger partial charge in [-0.3, -0.25) is 4.90 Å². The number of amides is 1. The third kappa shape index (κ3) is 2.54. The number of halogens is 1. The average molecular weight is 270 g/mol. The quantitative estimate of drug-likeness (QED) is 0.851. The normalized spacial score (nSPS) is 10.2. The molecule has 0 fully saturated rings. The van der Waals surface area contributed by atoms with Crippen LogP contribution in [0.2, 0.25) is 5.15 Å². The molecule has 0 saturated carbocycles. The molecule has 0 bridgehead atoms. The Morgan fingerprint density at radius 3 is 2.76 bits per heavy atom. The van der Waals surface area contributed by atoms with E-state index in [1.807, 2.05) is 0 Å². The molecule has 0 unspecified atom stereocenters. The molecule has 7 heteroatoms. The van der Waals surface area contributed by atoms with Gasteiger partial charge in [0.2, 0.25) is 0 Å². The van der Waals surface area contributed by atoms with Crippen molar-refractivity contribution in [1.82, 2.24) is 9.97 Å². The molecule has 0 spiro atoms. The maximum Gasteiger partial charge on any atom is 0.412 e. The van der Waals surface area contributed by atoms with Crippen LogP contribution in [0.3, 0.4) is 0 Å². The Morgan fingerprint density at radius 1 is 1.41 bits per heavy atom. The van der Waals surface area contributed by atoms with Crippen LogP contribution in [-0.4, -0.2) is 28.2 Å². The van der Waals surface area contributed by atoms with Gasteiger partial charge in [-0.2, -0.15) is 0 Å². The molecule has 88 valence electrons. The van der Waals surface area contributed by atoms with E-state index < -0.39 is 6.09 Å². The zero-order valence-electron chi connectivity index (χ0n) is 8.79. The number of anilines is 1. The molecule has 1 N–H and O–H groups in total. The summed E-state index contributed by atoms with van der Waals surface area (Å²) in [5.41, 5.74) is 0.810. The predicted octanol–water partition coefficient (Wildman–Crippen LogP) is 2.97. The second kappa shape index (κ2) is 4.68. The number of rotatable bonds is 2. The number of thiazole rings is 1. The standard InChI is InChI=1S/C10H8ClN3O2S/c1-14(10(15)16)8-5-13-9(17-8)6-2-3-7(11)12-4-6/h2-5H,1H3,(H,15,16). The highest BCUT2D eigenvalue weighted by molar-refractivity contribution is 7.19. The van der Waals surface area contributed by atoms with Crippen LogP contribution in [0.15, 0.2) is 24.5 Å². The van der Waals surface area contributed by atoms with Crippen molar-refractivity contribution in [2.45, 2.75) is 0 Å². The van der Waals surface area contributed by atoms with Gasteiger partial charge in [-0.1, -0.05) is 22.9 Å². The largest absolute Gasteiger partial charge is 0.465 e. The van der Waals surface area contributed by atoms with Gasteiger partial charge in [0.15, 0.2) is 0 Å². The van der Waals surface area contributed by atoms with Crippen LogP contribution in [0.4, 0.5) is 9.80 Å². The topological polar surface area (TPSA) is 66.3 Å². The lowest BCUT2D eigenvalue weighted by atomic mass is 10.3. The lowest BCUT2D eigenvalue weighted by molar-refractivity contribution is 0.203. The van der Waals surface area contributed by atoms with Crippen LogP contribution >= 0.6 is 22.9 Å². The Hall–Kier alpha value is -1.66. The minimum atomic E-state index is -1.02. The molecule has 2 heterocycles. The second-order valence-electron chi connectivity index (χ2n) is 3.21. The van der Waals surface area contributed by atoms with Gasteiger partial charge in [0.1, 0.15) is 15.2 Å². The zero-order valence-corrected chi connectivity index (χ0v) is 10.4. The van der Waals surface area contributed by atoms with Gasteiger partial charge in [-0.15, -0.1) is 0 Å². The highest BCUT2D eigenvalue weighted by Crippen LogP contribution is 2.30. The number of pyridine rings is 1. The van der Waals surface area contributed by atoms with Crippen LogP contribution in [0, 0.1) is 0 Å². The fourth-order valence-corrected chi connectivity index (χ4v) is 2.13. The number of hydrogen-bond donors (Lipinski definition) is 1. The molecule has 0 radical (unpaired) electrons. The lowest BCUT2D eigenvalue weighted by Gasteiger charge is -2.07. The van der Waals surface area contributed by atoms with Crippen LogP contribution < -0.4 is 4.90 Å². The van der Waals surface area contributed by atoms with Crippen LogP contribution in [0.25, 0.3) is 10.6 Å². The highest BCUT2D eigenvalue weighted by Gasteiger charge is 2.13. The summed E-state index contributed by atoms with van der Waals surface area (Å²) in [5.74, 6) is 0. The fourth-order valence-electron chi connectivity index (χ4n) is 1.15. The van der Waals surface area contributed by atoms with Crippen molar-refractivity contribution in [3.05, 3.63) is 29.7 Å². The lowest BCUT2D eigenvalue weighted by Crippen LogP contribution is -2.22. The van der Waals surface area contributed by atoms with Gasteiger partial charge in [-0.25, -0.2) is 14.8 Å². The molecule has 0 atom stereocenters. The van der Waals surface area contributed by atoms with Gasteiger partial charge in [0.05, 0.1) is 6.20 Å². The third-order valence-electron chi connectivity index (χ3n) is 2.09. The molecular formula is C10H8ClN3O2S. The summed E-state index contributed by atoms with van der Waals surface area (Å²) in [7, 11) is 1.47. The van der Waals surface area contributed by atoms with E-state index in [1.54, 1.807) is 18.3 Å². The second-order valence-corrected chi connectivity index (χ2v) is 4.61. The minimum absolute atomic E-state index is 0.410. The van der Waals surface area contributed by atoms with Crippen molar-refractivity contribution in [3.8, 4) is 10.6 Å². The molecule has 2 aromatic heterocycles. The molecule has 0 aliphatic carbocycles. The van der Waals surface area contributed by atoms with E-state index in [-0.39, 0.29) is 0 Å². The van der Waals surface area contributed by atoms with Crippen molar-refractivity contribution in [1.29, 1.82) is 0 Å². The first-order valence-electron chi connectivity index (χ1n) is 4.62. The Bertz CT molecular complexity index is 541. The van der Waals surface area contributed by atoms with E-state index in [9.17, 15) is 4.79 Å². The average Bonchev–Trinajstić information content (AvgIpc) is 2.78. The maximum absolute atomic E-state index is 10.8. The van der Waals surface area contributed by atoms with Crippen LogP contribution in [0.1, 0.15) is 0 Å². The fraction of sp³-hybridized carbons (Fsp3) is 0.100. The summed E-state index contributed by atoms with van der Waals surface area (Å²) in [6.45, 7) is 0. The summed E-state index contributed by atoms with van der Waals surface area (Å²) in [6, 6.07) is 3.46. The predicted molar refractivity (Wildman–Crippen MR) is 66.8 cm³/mol. The number of aromatic nitrogens is 2. The van der Waals surface area contributed by atoms with Crippen molar-refractivity contribution in [2.75, 3.05) is 11.9 Å². The molecule has 2 rings (SSSR count). The van der Waals surface area contributed by atoms with Crippen LogP contribution in [-0.2, 0) is 0 Å². The number of carbonyl (C=O) groups is 1. The third-order valence-corrected chi connectivity index (χ3v) is 3.43. The van der Waals surface area contributed by atoms with E-state index in [4.69, 9.17) is 16.7 Å². The van der Waals surface area contributed by atoms with Crippen molar-refractivity contribution < 1.29 is 9.90 Å². The molecule has 2 aromatic rings. The Labute approximate surface area is 106 Å². The summed E-state index contributed by atoms with van der Waals surface area (Å²) < 4.78 is 0. The number of carboxylic acid groups (broad SMARTS) is 1. The van der Waals surface area contributed by atoms with Gasteiger partial charge in [0.25, 0.3) is 0 Å². The minimum Gasteiger partial charge on any atom is -0.465 e. The van der Waals surface area contributed by atoms with Crippen LogP contribution in [0.5, 0.6) is 0 Å². The van der Waals surface area contributed by atoms with Gasteiger partial charge in [0, 0.05) is 18.8 Å². The SMILES string of the molecule is CN(C(=O)O)c1cnc(-c2ccc(Cl)nc2)s1. The molecule has 1 amide bonds. The number of hydrogen-bond acceptors (Lipinski definition) is 4. The Kier molecular flexibility index (Phi) is 3.26. The first-order chi connectivity index (χ1) is 8.08. The van der Waals surface area contributed by atoms with Gasteiger partial charge in [-0.05, 0) is 12.1 Å². The van der Waals surface area contributed by atoms with E-state index in [1.165, 1.54) is 24.6 Å². The van der Waals surface area contributed by atoms with Crippen molar-refractivity contribution in [3.63, 3.8) is 0 Å². The Morgan fingerprint density at radius 2 is 2.18 bits per heavy atom.